The van der Waals surface area contributed by atoms with Crippen molar-refractivity contribution in [3.8, 4) is 23.0 Å². The molecule has 2 aliphatic rings. The number of nitrogens with two attached hydrogens (primary N) is 1. The Morgan fingerprint density at radius 1 is 0.705 bits per heavy atom. The summed E-state index contributed by atoms with van der Waals surface area (Å²) in [5.74, 6) is -10.3. The number of imide groups is 1. The van der Waals surface area contributed by atoms with Gasteiger partial charge in [-0.15, -0.1) is 0 Å². The van der Waals surface area contributed by atoms with Gasteiger partial charge in [0.25, 0.3) is 11.8 Å². The maximum absolute atomic E-state index is 13.6. The molecule has 0 unspecified atom stereocenters. The molecule has 5 amide bonds. The van der Waals surface area contributed by atoms with Crippen molar-refractivity contribution in [1.29, 1.82) is 0 Å². The summed E-state index contributed by atoms with van der Waals surface area (Å²) in [4.78, 5) is 93.5. The number of aliphatic carboxylic acids is 1. The number of carbonyl (C=O) groups is 8. The number of cyclic esters (lactones) is 2. The minimum atomic E-state index is -4.17. The summed E-state index contributed by atoms with van der Waals surface area (Å²) < 4.78 is 207. The van der Waals surface area contributed by atoms with Crippen molar-refractivity contribution in [2.24, 2.45) is 11.7 Å². The zero-order valence-corrected chi connectivity index (χ0v) is 43.6. The largest absolute Gasteiger partial charge is 0.493 e. The van der Waals surface area contributed by atoms with E-state index < -0.39 is 154 Å². The minimum Gasteiger partial charge on any atom is -0.493 e. The number of hydrogen-bond acceptors (Lipinski definition) is 18. The first-order chi connectivity index (χ1) is 42.7. The van der Waals surface area contributed by atoms with Crippen LogP contribution in [0.2, 0.25) is 0 Å². The molecule has 2 heterocycles. The zero-order chi connectivity index (χ0) is 73.5. The lowest BCUT2D eigenvalue weighted by atomic mass is 10.0. The van der Waals surface area contributed by atoms with E-state index >= 15 is 0 Å². The molecule has 0 bridgehead atoms. The number of carbonyl (C=O) groups excluding carboxylic acids is 7. The van der Waals surface area contributed by atoms with Crippen LogP contribution in [0.1, 0.15) is 151 Å². The third-order valence-corrected chi connectivity index (χ3v) is 11.4. The molecule has 0 aliphatic carbocycles. The number of sulfone groups is 2. The fourth-order valence-corrected chi connectivity index (χ4v) is 8.44. The van der Waals surface area contributed by atoms with Gasteiger partial charge in [0.1, 0.15) is 25.7 Å². The van der Waals surface area contributed by atoms with E-state index in [-0.39, 0.29) is 58.7 Å². The van der Waals surface area contributed by atoms with Crippen LogP contribution in [0, 0.1) is 5.92 Å². The molecule has 0 radical (unpaired) electrons. The highest BCUT2D eigenvalue weighted by atomic mass is 32.2. The number of carboxylic acids is 1. The van der Waals surface area contributed by atoms with Crippen LogP contribution in [-0.4, -0.2) is 132 Å². The molecule has 23 nitrogen and oxygen atoms in total. The lowest BCUT2D eigenvalue weighted by Gasteiger charge is -2.27. The van der Waals surface area contributed by atoms with E-state index in [0.717, 1.165) is 55.8 Å². The molecule has 4 aromatic carbocycles. The first-order valence-corrected chi connectivity index (χ1v) is 26.0. The SMILES string of the molecule is C.CC(=O)N[C@@H](CC(C)C)C(=O)O.CC(=O)Nc1cccc2c1C(=O)OC2=O.[2H]C([2H])([2H])Oc1ccc([C@@]([2H])(CS(C)(=O)=O)N2C(=O)c3cccc(NC(C)=O)c3C2=O)cc1OC([2H])([2H])C([2H])([2H])[2H].[2H]C([2H])([2H])Oc1ccc([C@]([2H])(N)CS(C)(=O)=O)cc1OC([2H])([2H])C([2H])([2H])[2H]. The summed E-state index contributed by atoms with van der Waals surface area (Å²) in [6.07, 6.45) is 2.06. The Labute approximate surface area is 479 Å². The van der Waals surface area contributed by atoms with Crippen LogP contribution in [0.4, 0.5) is 11.4 Å². The fourth-order valence-electron chi connectivity index (χ4n) is 6.91. The minimum absolute atomic E-state index is 0. The number of hydrogen-bond donors (Lipinski definition) is 5. The van der Waals surface area contributed by atoms with E-state index in [1.165, 1.54) is 38.1 Å². The summed E-state index contributed by atoms with van der Waals surface area (Å²) in [6.45, 7) is -5.66. The highest BCUT2D eigenvalue weighted by molar-refractivity contribution is 7.90. The van der Waals surface area contributed by atoms with Gasteiger partial charge >= 0.3 is 17.9 Å². The zero-order valence-electron chi connectivity index (χ0n) is 59.9. The van der Waals surface area contributed by atoms with Crippen molar-refractivity contribution in [1.82, 2.24) is 10.2 Å². The lowest BCUT2D eigenvalue weighted by Crippen LogP contribution is -2.40. The van der Waals surface area contributed by atoms with Crippen molar-refractivity contribution in [2.75, 3.05) is 61.8 Å². The molecular formula is C53H69N5O18S2. The number of fused-ring (bicyclic) bond motifs is 2. The van der Waals surface area contributed by atoms with Gasteiger partial charge in [0.05, 0.1) is 94.8 Å². The molecule has 0 aromatic heterocycles. The molecule has 426 valence electrons. The number of rotatable bonds is 19. The Balaban J connectivity index is 0.000000486. The molecule has 0 saturated carbocycles. The van der Waals surface area contributed by atoms with Crippen molar-refractivity contribution in [2.45, 2.75) is 80.2 Å². The summed E-state index contributed by atoms with van der Waals surface area (Å²) in [5, 5.41) is 15.9. The number of esters is 2. The molecule has 25 heteroatoms. The third kappa shape index (κ3) is 19.3. The fraction of sp³-hybridized carbons (Fsp3) is 0.396. The third-order valence-electron chi connectivity index (χ3n) is 9.81. The quantitative estimate of drug-likeness (QED) is 0.0421. The van der Waals surface area contributed by atoms with Gasteiger partial charge in [-0.2, -0.15) is 0 Å². The second kappa shape index (κ2) is 29.6. The molecule has 3 atom stereocenters. The van der Waals surface area contributed by atoms with Gasteiger partial charge in [-0.3, -0.25) is 28.9 Å². The van der Waals surface area contributed by atoms with Crippen LogP contribution in [-0.2, 0) is 43.6 Å². The van der Waals surface area contributed by atoms with Gasteiger partial charge in [0, 0.05) is 47.5 Å². The van der Waals surface area contributed by atoms with Gasteiger partial charge in [-0.05, 0) is 85.7 Å². The van der Waals surface area contributed by atoms with Crippen LogP contribution >= 0.6 is 0 Å². The van der Waals surface area contributed by atoms with Crippen LogP contribution in [0.25, 0.3) is 0 Å². The maximum Gasteiger partial charge on any atom is 0.349 e. The number of nitrogens with one attached hydrogen (secondary N) is 3. The highest BCUT2D eigenvalue weighted by Gasteiger charge is 2.43. The molecule has 6 N–H and O–H groups in total. The van der Waals surface area contributed by atoms with E-state index in [0.29, 0.717) is 17.0 Å². The predicted molar refractivity (Wildman–Crippen MR) is 291 cm³/mol. The second-order valence-electron chi connectivity index (χ2n) is 16.7. The number of carboxylic acid groups (broad SMARTS) is 1. The Bertz CT molecular complexity index is 3850. The summed E-state index contributed by atoms with van der Waals surface area (Å²) in [6, 6.07) is 8.27. The predicted octanol–water partition coefficient (Wildman–Crippen LogP) is 5.79. The molecule has 0 saturated heterocycles. The number of ether oxygens (including phenoxy) is 5. The normalized spacial score (nSPS) is 18.6. The first-order valence-electron chi connectivity index (χ1n) is 30.9. The molecule has 0 fully saturated rings. The molecular weight excluding hydrogens is 1060 g/mol. The number of nitrogens with zero attached hydrogens (tertiary/aromatic N) is 1. The van der Waals surface area contributed by atoms with Crippen LogP contribution in [0.5, 0.6) is 23.0 Å². The van der Waals surface area contributed by atoms with Gasteiger partial charge in [-0.25, -0.2) is 31.2 Å². The Hall–Kier alpha value is -7.90. The van der Waals surface area contributed by atoms with Crippen LogP contribution < -0.4 is 40.6 Å². The Morgan fingerprint density at radius 3 is 1.67 bits per heavy atom. The van der Waals surface area contributed by atoms with E-state index in [1.54, 1.807) is 12.1 Å². The van der Waals surface area contributed by atoms with E-state index in [9.17, 15) is 55.2 Å². The number of amides is 5. The average Bonchev–Trinajstić information content (AvgIpc) is 1.59. The van der Waals surface area contributed by atoms with Crippen LogP contribution in [0.15, 0.2) is 72.8 Å². The van der Waals surface area contributed by atoms with Crippen LogP contribution in [0.3, 0.4) is 0 Å². The number of anilines is 2. The van der Waals surface area contributed by atoms with E-state index in [1.807, 2.05) is 13.8 Å². The molecule has 4 aromatic rings. The first kappa shape index (κ1) is 42.2. The molecule has 6 rings (SSSR count). The maximum atomic E-state index is 13.6. The lowest BCUT2D eigenvalue weighted by molar-refractivity contribution is -0.142. The van der Waals surface area contributed by atoms with Gasteiger partial charge < -0.3 is 50.5 Å². The summed E-state index contributed by atoms with van der Waals surface area (Å²) in [5.41, 5.74) is 5.00. The molecule has 2 aliphatic heterocycles. The van der Waals surface area contributed by atoms with Crippen molar-refractivity contribution in [3.05, 3.63) is 106 Å². The number of methoxy groups -OCH3 is 2. The topological polar surface area (TPSA) is 337 Å². The van der Waals surface area contributed by atoms with Crippen molar-refractivity contribution < 1.29 is 109 Å². The highest BCUT2D eigenvalue weighted by Crippen LogP contribution is 2.39. The molecule has 78 heavy (non-hydrogen) atoms. The smallest absolute Gasteiger partial charge is 0.349 e. The average molecular weight is 1150 g/mol. The standard InChI is InChI=1S/C22H24N2O7S.C12H19NO4S.C10H7NO4.C8H15NO3.CH4/c1-5-31-19-11-14(9-10-18(19)30-3)17(12-32(4,28)29)24-21(26)15-7-6-8-16(23-13(2)25)20(15)22(24)27;1-4-17-12-7-9(5-6-11(12)16-2)10(13)8-18(3,14)15;1-5(12)11-7-4-2-3-6-8(7)10(14)15-9(6)13;1-5(2)4-7(8(11)12)9-6(3)10;/h6-11,17H,5,12H2,1-4H3,(H,23,25);5-7,10H,4,8,13H2,1-3H3;2-4H,1H3,(H,11,12);5,7H,4H2,1-3H3,(H,9,10)(H,11,12);1H4/t17-;10-;;7-;/m11.0./s1/i1D3,3D3,5D2,17D;1D3,2D3,4D2,10D;;;. The monoisotopic (exact) mass is 1150 g/mol. The Kier molecular flexibility index (Phi) is 16.0. The Morgan fingerprint density at radius 2 is 1.21 bits per heavy atom. The van der Waals surface area contributed by atoms with Crippen molar-refractivity contribution in [3.63, 3.8) is 0 Å². The summed E-state index contributed by atoms with van der Waals surface area (Å²) in [7, 11) is -13.9. The van der Waals surface area contributed by atoms with E-state index in [2.05, 4.69) is 25.4 Å². The van der Waals surface area contributed by atoms with E-state index in [4.69, 9.17) is 49.7 Å². The summed E-state index contributed by atoms with van der Waals surface area (Å²) >= 11 is 0. The number of benzene rings is 4. The van der Waals surface area contributed by atoms with Gasteiger partial charge in [-0.1, -0.05) is 45.5 Å². The van der Waals surface area contributed by atoms with Gasteiger partial charge in [0.15, 0.2) is 23.0 Å². The second-order valence-corrected chi connectivity index (χ2v) is 21.0. The van der Waals surface area contributed by atoms with Crippen molar-refractivity contribution >= 4 is 78.5 Å². The molecule has 0 spiro atoms. The van der Waals surface area contributed by atoms with Gasteiger partial charge in [0.2, 0.25) is 17.7 Å².